The second kappa shape index (κ2) is 5.71. The predicted octanol–water partition coefficient (Wildman–Crippen LogP) is 1.36. The molecular weight excluding hydrogens is 276 g/mol. The Morgan fingerprint density at radius 1 is 1.35 bits per heavy atom. The molecule has 0 spiro atoms. The lowest BCUT2D eigenvalue weighted by Crippen LogP contribution is -2.48. The van der Waals surface area contributed by atoms with Crippen LogP contribution in [0.3, 0.4) is 0 Å². The van der Waals surface area contributed by atoms with Gasteiger partial charge in [0.25, 0.3) is 0 Å². The molecule has 0 radical (unpaired) electrons. The van der Waals surface area contributed by atoms with Gasteiger partial charge in [0.1, 0.15) is 5.75 Å². The third-order valence-electron chi connectivity index (χ3n) is 3.66. The van der Waals surface area contributed by atoms with Crippen LogP contribution in [0.2, 0.25) is 0 Å². The number of nitrogens with zero attached hydrogens (tertiary/aromatic N) is 1. The fourth-order valence-electron chi connectivity index (χ4n) is 2.71. The van der Waals surface area contributed by atoms with Crippen molar-refractivity contribution in [2.24, 2.45) is 11.7 Å². The van der Waals surface area contributed by atoms with Crippen LogP contribution in [-0.2, 0) is 10.0 Å². The summed E-state index contributed by atoms with van der Waals surface area (Å²) in [5.74, 6) is 0.973. The van der Waals surface area contributed by atoms with Crippen LogP contribution in [0.15, 0.2) is 23.1 Å². The maximum absolute atomic E-state index is 12.7. The predicted molar refractivity (Wildman–Crippen MR) is 78.2 cm³/mol. The molecule has 5 nitrogen and oxygen atoms in total. The lowest BCUT2D eigenvalue weighted by molar-refractivity contribution is 0.254. The molecule has 2 N–H and O–H groups in total. The van der Waals surface area contributed by atoms with Crippen molar-refractivity contribution in [2.45, 2.75) is 31.2 Å². The highest BCUT2D eigenvalue weighted by molar-refractivity contribution is 7.89. The molecule has 0 aliphatic carbocycles. The van der Waals surface area contributed by atoms with Crippen LogP contribution < -0.4 is 10.5 Å². The van der Waals surface area contributed by atoms with Crippen LogP contribution in [0.25, 0.3) is 0 Å². The highest BCUT2D eigenvalue weighted by Gasteiger charge is 2.32. The molecule has 1 aliphatic rings. The number of aryl methyl sites for hydroxylation is 1. The van der Waals surface area contributed by atoms with Gasteiger partial charge in [-0.2, -0.15) is 4.31 Å². The fourth-order valence-corrected chi connectivity index (χ4v) is 4.41. The van der Waals surface area contributed by atoms with Gasteiger partial charge in [-0.25, -0.2) is 8.42 Å². The maximum Gasteiger partial charge on any atom is 0.243 e. The van der Waals surface area contributed by atoms with E-state index in [0.29, 0.717) is 23.7 Å². The molecule has 112 valence electrons. The fraction of sp³-hybridized carbons (Fsp3) is 0.571. The summed E-state index contributed by atoms with van der Waals surface area (Å²) in [6.07, 6.45) is 0.869. The number of methoxy groups -OCH3 is 1. The van der Waals surface area contributed by atoms with Crippen LogP contribution in [0.1, 0.15) is 18.9 Å². The lowest BCUT2D eigenvalue weighted by Gasteiger charge is -2.33. The Bertz CT molecular complexity index is 576. The SMILES string of the molecule is COc1ccc(S(=O)(=O)N2CC(C)CC(N)C2)cc1C. The van der Waals surface area contributed by atoms with Gasteiger partial charge in [0.2, 0.25) is 10.0 Å². The smallest absolute Gasteiger partial charge is 0.243 e. The van der Waals surface area contributed by atoms with Crippen LogP contribution in [-0.4, -0.2) is 39.0 Å². The standard InChI is InChI=1S/C14H22N2O3S/c1-10-6-12(15)9-16(8-10)20(17,18)13-4-5-14(19-3)11(2)7-13/h4-5,7,10,12H,6,8-9,15H2,1-3H3. The first-order valence-corrected chi connectivity index (χ1v) is 8.19. The Balaban J connectivity index is 2.32. The van der Waals surface area contributed by atoms with Crippen molar-refractivity contribution in [1.82, 2.24) is 4.31 Å². The molecule has 2 unspecified atom stereocenters. The minimum absolute atomic E-state index is 0.0899. The Kier molecular flexibility index (Phi) is 4.36. The molecule has 0 saturated carbocycles. The van der Waals surface area contributed by atoms with Crippen molar-refractivity contribution in [2.75, 3.05) is 20.2 Å². The molecule has 1 aromatic carbocycles. The Morgan fingerprint density at radius 2 is 2.05 bits per heavy atom. The number of hydrogen-bond acceptors (Lipinski definition) is 4. The summed E-state index contributed by atoms with van der Waals surface area (Å²) in [4.78, 5) is 0.303. The van der Waals surface area contributed by atoms with Gasteiger partial charge in [-0.05, 0) is 43.0 Å². The second-order valence-electron chi connectivity index (χ2n) is 5.55. The van der Waals surface area contributed by atoms with Crippen LogP contribution >= 0.6 is 0 Å². The van der Waals surface area contributed by atoms with E-state index >= 15 is 0 Å². The zero-order valence-corrected chi connectivity index (χ0v) is 13.0. The first-order chi connectivity index (χ1) is 9.34. The summed E-state index contributed by atoms with van der Waals surface area (Å²) in [5.41, 5.74) is 6.75. The number of piperidine rings is 1. The molecule has 6 heteroatoms. The van der Waals surface area contributed by atoms with Crippen molar-refractivity contribution in [3.8, 4) is 5.75 Å². The van der Waals surface area contributed by atoms with Gasteiger partial charge in [-0.3, -0.25) is 0 Å². The highest BCUT2D eigenvalue weighted by atomic mass is 32.2. The monoisotopic (exact) mass is 298 g/mol. The first kappa shape index (κ1) is 15.3. The molecule has 1 fully saturated rings. The number of sulfonamides is 1. The molecule has 2 rings (SSSR count). The number of rotatable bonds is 3. The Labute approximate surface area is 120 Å². The van der Waals surface area contributed by atoms with Crippen LogP contribution in [0, 0.1) is 12.8 Å². The summed E-state index contributed by atoms with van der Waals surface area (Å²) >= 11 is 0. The molecule has 2 atom stereocenters. The maximum atomic E-state index is 12.7. The van der Waals surface area contributed by atoms with Gasteiger partial charge < -0.3 is 10.5 Å². The summed E-state index contributed by atoms with van der Waals surface area (Å²) < 4.78 is 32.0. The zero-order valence-electron chi connectivity index (χ0n) is 12.2. The molecule has 0 bridgehead atoms. The van der Waals surface area contributed by atoms with E-state index < -0.39 is 10.0 Å². The van der Waals surface area contributed by atoms with Crippen molar-refractivity contribution in [1.29, 1.82) is 0 Å². The van der Waals surface area contributed by atoms with Crippen molar-refractivity contribution >= 4 is 10.0 Å². The van der Waals surface area contributed by atoms with Crippen LogP contribution in [0.5, 0.6) is 5.75 Å². The molecule has 0 aromatic heterocycles. The molecule has 1 aromatic rings. The number of hydrogen-bond donors (Lipinski definition) is 1. The summed E-state index contributed by atoms with van der Waals surface area (Å²) in [6, 6.07) is 4.84. The van der Waals surface area contributed by atoms with Gasteiger partial charge in [-0.1, -0.05) is 6.92 Å². The van der Waals surface area contributed by atoms with E-state index in [0.717, 1.165) is 12.0 Å². The Morgan fingerprint density at radius 3 is 2.60 bits per heavy atom. The topological polar surface area (TPSA) is 72.6 Å². The third-order valence-corrected chi connectivity index (χ3v) is 5.49. The van der Waals surface area contributed by atoms with Crippen molar-refractivity contribution in [3.05, 3.63) is 23.8 Å². The summed E-state index contributed by atoms with van der Waals surface area (Å²) in [6.45, 7) is 4.78. The molecule has 20 heavy (non-hydrogen) atoms. The van der Waals surface area contributed by atoms with Gasteiger partial charge >= 0.3 is 0 Å². The largest absolute Gasteiger partial charge is 0.496 e. The first-order valence-electron chi connectivity index (χ1n) is 6.75. The molecular formula is C14H22N2O3S. The molecule has 1 heterocycles. The van der Waals surface area contributed by atoms with Crippen molar-refractivity contribution in [3.63, 3.8) is 0 Å². The van der Waals surface area contributed by atoms with E-state index in [1.54, 1.807) is 25.3 Å². The number of ether oxygens (including phenoxy) is 1. The number of nitrogens with two attached hydrogens (primary N) is 1. The Hall–Kier alpha value is -1.11. The third kappa shape index (κ3) is 2.97. The molecule has 1 aliphatic heterocycles. The summed E-state index contributed by atoms with van der Waals surface area (Å²) in [5, 5.41) is 0. The highest BCUT2D eigenvalue weighted by Crippen LogP contribution is 2.26. The lowest BCUT2D eigenvalue weighted by atomic mass is 9.99. The van der Waals surface area contributed by atoms with Gasteiger partial charge in [-0.15, -0.1) is 0 Å². The van der Waals surface area contributed by atoms with E-state index in [4.69, 9.17) is 10.5 Å². The van der Waals surface area contributed by atoms with Gasteiger partial charge in [0, 0.05) is 19.1 Å². The average molecular weight is 298 g/mol. The van der Waals surface area contributed by atoms with E-state index in [1.165, 1.54) is 4.31 Å². The van der Waals surface area contributed by atoms with Crippen molar-refractivity contribution < 1.29 is 13.2 Å². The van der Waals surface area contributed by atoms with E-state index in [2.05, 4.69) is 0 Å². The minimum Gasteiger partial charge on any atom is -0.496 e. The number of benzene rings is 1. The van der Waals surface area contributed by atoms with E-state index in [-0.39, 0.29) is 12.0 Å². The van der Waals surface area contributed by atoms with E-state index in [1.807, 2.05) is 13.8 Å². The molecule has 0 amide bonds. The van der Waals surface area contributed by atoms with Gasteiger partial charge in [0.15, 0.2) is 0 Å². The average Bonchev–Trinajstić information content (AvgIpc) is 2.37. The molecule has 1 saturated heterocycles. The zero-order chi connectivity index (χ0) is 14.9. The summed E-state index contributed by atoms with van der Waals surface area (Å²) in [7, 11) is -1.91. The normalized spacial score (nSPS) is 24.6. The van der Waals surface area contributed by atoms with Gasteiger partial charge in [0.05, 0.1) is 12.0 Å². The quantitative estimate of drug-likeness (QED) is 0.914. The van der Waals surface area contributed by atoms with E-state index in [9.17, 15) is 8.42 Å². The minimum atomic E-state index is -3.48. The van der Waals surface area contributed by atoms with Crippen LogP contribution in [0.4, 0.5) is 0 Å². The second-order valence-corrected chi connectivity index (χ2v) is 7.49.